The Morgan fingerprint density at radius 2 is 1.87 bits per heavy atom. The van der Waals surface area contributed by atoms with Gasteiger partial charge in [0.2, 0.25) is 0 Å². The van der Waals surface area contributed by atoms with E-state index in [4.69, 9.17) is 0 Å². The molecule has 0 saturated carbocycles. The molecular formula is C18H21FN2O2. The average Bonchev–Trinajstić information content (AvgIpc) is 2.53. The first-order chi connectivity index (χ1) is 10.8. The largest absolute Gasteiger partial charge is 0.507 e. The van der Waals surface area contributed by atoms with Gasteiger partial charge < -0.3 is 15.3 Å². The number of aromatic hydroxyl groups is 1. The number of rotatable bonds is 4. The van der Waals surface area contributed by atoms with Crippen molar-refractivity contribution in [1.82, 2.24) is 10.2 Å². The van der Waals surface area contributed by atoms with E-state index >= 15 is 0 Å². The van der Waals surface area contributed by atoms with E-state index < -0.39 is 5.82 Å². The highest BCUT2D eigenvalue weighted by Crippen LogP contribution is 2.34. The number of phenolic OH excluding ortho intramolecular Hbond substituents is 1. The number of benzene rings is 2. The van der Waals surface area contributed by atoms with Crippen molar-refractivity contribution in [3.63, 3.8) is 0 Å². The van der Waals surface area contributed by atoms with Gasteiger partial charge in [-0.3, -0.25) is 4.79 Å². The lowest BCUT2D eigenvalue weighted by molar-refractivity contribution is 0.0963. The smallest absolute Gasteiger partial charge is 0.251 e. The Bertz CT molecular complexity index is 729. The first kappa shape index (κ1) is 17.0. The highest BCUT2D eigenvalue weighted by molar-refractivity contribution is 6.01. The van der Waals surface area contributed by atoms with Crippen LogP contribution in [-0.4, -0.2) is 37.1 Å². The van der Waals surface area contributed by atoms with Crippen molar-refractivity contribution >= 4 is 5.91 Å². The van der Waals surface area contributed by atoms with Crippen molar-refractivity contribution in [1.29, 1.82) is 0 Å². The minimum Gasteiger partial charge on any atom is -0.507 e. The Morgan fingerprint density at radius 1 is 1.17 bits per heavy atom. The molecule has 2 rings (SSSR count). The highest BCUT2D eigenvalue weighted by atomic mass is 19.1. The lowest BCUT2D eigenvalue weighted by Gasteiger charge is -2.21. The van der Waals surface area contributed by atoms with Crippen LogP contribution >= 0.6 is 0 Å². The zero-order valence-electron chi connectivity index (χ0n) is 13.7. The number of carbonyl (C=O) groups is 1. The number of carbonyl (C=O) groups excluding carboxylic acids is 1. The molecule has 0 fully saturated rings. The predicted octanol–water partition coefficient (Wildman–Crippen LogP) is 3.18. The number of hydrogen-bond donors (Lipinski definition) is 2. The zero-order chi connectivity index (χ0) is 17.1. The summed E-state index contributed by atoms with van der Waals surface area (Å²) < 4.78 is 13.6. The first-order valence-electron chi connectivity index (χ1n) is 7.36. The Kier molecular flexibility index (Phi) is 5.01. The predicted molar refractivity (Wildman–Crippen MR) is 89.0 cm³/mol. The molecule has 122 valence electrons. The van der Waals surface area contributed by atoms with E-state index in [-0.39, 0.29) is 17.7 Å². The van der Waals surface area contributed by atoms with Crippen LogP contribution in [0.4, 0.5) is 4.39 Å². The van der Waals surface area contributed by atoms with Gasteiger partial charge in [0.15, 0.2) is 0 Å². The van der Waals surface area contributed by atoms with Gasteiger partial charge in [-0.15, -0.1) is 0 Å². The molecule has 0 aliphatic rings. The molecule has 1 amide bonds. The maximum atomic E-state index is 13.6. The SMILES string of the molecule is CNC(=O)c1ccc(F)cc1-c1ccc(C(C)N(C)C)cc1O. The van der Waals surface area contributed by atoms with Crippen molar-refractivity contribution in [3.8, 4) is 16.9 Å². The molecule has 0 radical (unpaired) electrons. The van der Waals surface area contributed by atoms with Crippen molar-refractivity contribution in [2.45, 2.75) is 13.0 Å². The van der Waals surface area contributed by atoms with Gasteiger partial charge in [0.25, 0.3) is 5.91 Å². The minimum absolute atomic E-state index is 0.0203. The van der Waals surface area contributed by atoms with Crippen LogP contribution < -0.4 is 5.32 Å². The van der Waals surface area contributed by atoms with Gasteiger partial charge in [0.05, 0.1) is 0 Å². The summed E-state index contributed by atoms with van der Waals surface area (Å²) in [5, 5.41) is 12.9. The quantitative estimate of drug-likeness (QED) is 0.911. The summed E-state index contributed by atoms with van der Waals surface area (Å²) >= 11 is 0. The summed E-state index contributed by atoms with van der Waals surface area (Å²) in [4.78, 5) is 14.0. The molecule has 1 unspecified atom stereocenters. The van der Waals surface area contributed by atoms with Crippen LogP contribution in [0.25, 0.3) is 11.1 Å². The molecule has 2 aromatic rings. The third kappa shape index (κ3) is 3.51. The Hall–Kier alpha value is -2.40. The molecule has 0 aliphatic heterocycles. The topological polar surface area (TPSA) is 52.6 Å². The summed E-state index contributed by atoms with van der Waals surface area (Å²) in [5.41, 5.74) is 2.05. The maximum absolute atomic E-state index is 13.6. The van der Waals surface area contributed by atoms with Crippen LogP contribution in [0.2, 0.25) is 0 Å². The zero-order valence-corrected chi connectivity index (χ0v) is 13.7. The minimum atomic E-state index is -0.460. The third-order valence-corrected chi connectivity index (χ3v) is 4.02. The Balaban J connectivity index is 2.55. The second-order valence-corrected chi connectivity index (χ2v) is 5.69. The molecular weight excluding hydrogens is 295 g/mol. The lowest BCUT2D eigenvalue weighted by atomic mass is 9.95. The second-order valence-electron chi connectivity index (χ2n) is 5.69. The summed E-state index contributed by atoms with van der Waals surface area (Å²) in [5.74, 6) is -0.769. The Morgan fingerprint density at radius 3 is 2.43 bits per heavy atom. The van der Waals surface area contributed by atoms with E-state index in [1.165, 1.54) is 25.2 Å². The number of phenols is 1. The van der Waals surface area contributed by atoms with Crippen molar-refractivity contribution < 1.29 is 14.3 Å². The molecule has 0 saturated heterocycles. The maximum Gasteiger partial charge on any atom is 0.251 e. The summed E-state index contributed by atoms with van der Waals surface area (Å²) in [6.45, 7) is 2.02. The van der Waals surface area contributed by atoms with Gasteiger partial charge in [-0.25, -0.2) is 4.39 Å². The second kappa shape index (κ2) is 6.79. The summed E-state index contributed by atoms with van der Waals surface area (Å²) in [6, 6.07) is 9.27. The van der Waals surface area contributed by atoms with Crippen LogP contribution in [0.1, 0.15) is 28.9 Å². The molecule has 2 aromatic carbocycles. The fourth-order valence-electron chi connectivity index (χ4n) is 2.41. The number of nitrogens with one attached hydrogen (secondary N) is 1. The standard InChI is InChI=1S/C18H21FN2O2/c1-11(21(3)4)12-5-7-14(17(22)9-12)16-10-13(19)6-8-15(16)18(23)20-2/h5-11,22H,1-4H3,(H,20,23). The van der Waals surface area contributed by atoms with E-state index in [0.29, 0.717) is 16.7 Å². The highest BCUT2D eigenvalue weighted by Gasteiger charge is 2.17. The van der Waals surface area contributed by atoms with Gasteiger partial charge in [0.1, 0.15) is 11.6 Å². The lowest BCUT2D eigenvalue weighted by Crippen LogP contribution is -2.19. The van der Waals surface area contributed by atoms with Gasteiger partial charge in [-0.1, -0.05) is 12.1 Å². The molecule has 0 aliphatic carbocycles. The van der Waals surface area contributed by atoms with Crippen LogP contribution in [0.3, 0.4) is 0 Å². The molecule has 4 nitrogen and oxygen atoms in total. The third-order valence-electron chi connectivity index (χ3n) is 4.02. The molecule has 5 heteroatoms. The first-order valence-corrected chi connectivity index (χ1v) is 7.36. The van der Waals surface area contributed by atoms with Gasteiger partial charge in [-0.2, -0.15) is 0 Å². The molecule has 0 heterocycles. The van der Waals surface area contributed by atoms with Crippen molar-refractivity contribution in [2.24, 2.45) is 0 Å². The van der Waals surface area contributed by atoms with E-state index in [2.05, 4.69) is 5.32 Å². The van der Waals surface area contributed by atoms with Gasteiger partial charge >= 0.3 is 0 Å². The molecule has 2 N–H and O–H groups in total. The Labute approximate surface area is 135 Å². The van der Waals surface area contributed by atoms with E-state index in [9.17, 15) is 14.3 Å². The van der Waals surface area contributed by atoms with Crippen LogP contribution in [0.15, 0.2) is 36.4 Å². The van der Waals surface area contributed by atoms with E-state index in [1.807, 2.05) is 32.0 Å². The molecule has 1 atom stereocenters. The number of nitrogens with zero attached hydrogens (tertiary/aromatic N) is 1. The molecule has 0 aromatic heterocycles. The van der Waals surface area contributed by atoms with Crippen LogP contribution in [0, 0.1) is 5.82 Å². The molecule has 23 heavy (non-hydrogen) atoms. The number of amides is 1. The fourth-order valence-corrected chi connectivity index (χ4v) is 2.41. The number of hydrogen-bond acceptors (Lipinski definition) is 3. The van der Waals surface area contributed by atoms with E-state index in [0.717, 1.165) is 5.56 Å². The van der Waals surface area contributed by atoms with Gasteiger partial charge in [-0.05, 0) is 50.8 Å². The average molecular weight is 316 g/mol. The van der Waals surface area contributed by atoms with Crippen LogP contribution in [0.5, 0.6) is 5.75 Å². The van der Waals surface area contributed by atoms with Crippen molar-refractivity contribution in [2.75, 3.05) is 21.1 Å². The monoisotopic (exact) mass is 316 g/mol. The van der Waals surface area contributed by atoms with Crippen LogP contribution in [-0.2, 0) is 0 Å². The number of halogens is 1. The van der Waals surface area contributed by atoms with Gasteiger partial charge in [0, 0.05) is 29.8 Å². The fraction of sp³-hybridized carbons (Fsp3) is 0.278. The normalized spacial score (nSPS) is 12.3. The summed E-state index contributed by atoms with van der Waals surface area (Å²) in [6.07, 6.45) is 0. The summed E-state index contributed by atoms with van der Waals surface area (Å²) in [7, 11) is 5.41. The molecule has 0 bridgehead atoms. The van der Waals surface area contributed by atoms with Crippen molar-refractivity contribution in [3.05, 3.63) is 53.3 Å². The molecule has 0 spiro atoms. The van der Waals surface area contributed by atoms with E-state index in [1.54, 1.807) is 12.1 Å².